The molecule has 4 rings (SSSR count). The molecule has 6 heteroatoms. The molecule has 0 radical (unpaired) electrons. The molecule has 24 heavy (non-hydrogen) atoms. The minimum atomic E-state index is 0.00754. The van der Waals surface area contributed by atoms with E-state index in [2.05, 4.69) is 18.4 Å². The molecule has 2 aliphatic rings. The third kappa shape index (κ3) is 2.68. The Morgan fingerprint density at radius 2 is 2.29 bits per heavy atom. The van der Waals surface area contributed by atoms with Crippen molar-refractivity contribution in [1.82, 2.24) is 4.90 Å². The molecular formula is C18H16ClNO3S. The zero-order chi connectivity index (χ0) is 16.7. The summed E-state index contributed by atoms with van der Waals surface area (Å²) in [5.41, 5.74) is 2.08. The second kappa shape index (κ2) is 6.15. The number of nitrogens with zero attached hydrogens (tertiary/aromatic N) is 1. The van der Waals surface area contributed by atoms with Crippen LogP contribution in [0.15, 0.2) is 29.7 Å². The first-order valence-corrected chi connectivity index (χ1v) is 9.03. The Hall–Kier alpha value is -1.98. The number of ether oxygens (including phenoxy) is 2. The molecule has 1 amide bonds. The van der Waals surface area contributed by atoms with Gasteiger partial charge in [-0.3, -0.25) is 4.79 Å². The van der Waals surface area contributed by atoms with E-state index in [1.807, 2.05) is 11.0 Å². The monoisotopic (exact) mass is 361 g/mol. The number of benzene rings is 1. The second-order valence-electron chi connectivity index (χ2n) is 5.83. The maximum absolute atomic E-state index is 12.6. The lowest BCUT2D eigenvalue weighted by Crippen LogP contribution is -2.37. The van der Waals surface area contributed by atoms with Gasteiger partial charge in [0, 0.05) is 17.5 Å². The summed E-state index contributed by atoms with van der Waals surface area (Å²) >= 11 is 7.94. The standard InChI is InChI=1S/C18H16ClNO3S/c1-11-13-5-7-24-16(13)4-6-20(11)17(21)3-2-12-8-14(19)18-15(9-12)22-10-23-18/h2-3,5,7-9,11H,4,6,10H2,1H3/b3-2+. The van der Waals surface area contributed by atoms with Crippen molar-refractivity contribution in [2.75, 3.05) is 13.3 Å². The zero-order valence-corrected chi connectivity index (χ0v) is 14.7. The lowest BCUT2D eigenvalue weighted by atomic mass is 10.0. The Balaban J connectivity index is 1.52. The van der Waals surface area contributed by atoms with E-state index in [0.29, 0.717) is 16.5 Å². The summed E-state index contributed by atoms with van der Waals surface area (Å²) in [7, 11) is 0. The Bertz CT molecular complexity index is 830. The molecule has 0 saturated heterocycles. The van der Waals surface area contributed by atoms with E-state index in [9.17, 15) is 4.79 Å². The molecule has 1 unspecified atom stereocenters. The van der Waals surface area contributed by atoms with Gasteiger partial charge < -0.3 is 14.4 Å². The quantitative estimate of drug-likeness (QED) is 0.749. The first kappa shape index (κ1) is 15.5. The normalized spacial score (nSPS) is 18.9. The van der Waals surface area contributed by atoms with Crippen LogP contribution >= 0.6 is 22.9 Å². The summed E-state index contributed by atoms with van der Waals surface area (Å²) in [6, 6.07) is 5.83. The SMILES string of the molecule is CC1c2ccsc2CCN1C(=O)/C=C/c1cc(Cl)c2c(c1)OCO2. The smallest absolute Gasteiger partial charge is 0.247 e. The van der Waals surface area contributed by atoms with Crippen molar-refractivity contribution < 1.29 is 14.3 Å². The van der Waals surface area contributed by atoms with Gasteiger partial charge in [-0.05, 0) is 54.1 Å². The van der Waals surface area contributed by atoms with Gasteiger partial charge in [0.05, 0.1) is 11.1 Å². The number of fused-ring (bicyclic) bond motifs is 2. The van der Waals surface area contributed by atoms with E-state index < -0.39 is 0 Å². The highest BCUT2D eigenvalue weighted by Gasteiger charge is 2.27. The van der Waals surface area contributed by atoms with Crippen LogP contribution in [0.1, 0.15) is 29.0 Å². The summed E-state index contributed by atoms with van der Waals surface area (Å²) in [4.78, 5) is 15.9. The van der Waals surface area contributed by atoms with Gasteiger partial charge in [0.2, 0.25) is 12.7 Å². The summed E-state index contributed by atoms with van der Waals surface area (Å²) in [6.07, 6.45) is 4.29. The third-order valence-corrected chi connectivity index (χ3v) is 5.71. The van der Waals surface area contributed by atoms with E-state index in [4.69, 9.17) is 21.1 Å². The molecule has 2 aliphatic heterocycles. The summed E-state index contributed by atoms with van der Waals surface area (Å²) in [5, 5.41) is 2.59. The fourth-order valence-electron chi connectivity index (χ4n) is 3.16. The molecule has 3 heterocycles. The van der Waals surface area contributed by atoms with Crippen LogP contribution in [0.3, 0.4) is 0 Å². The summed E-state index contributed by atoms with van der Waals surface area (Å²) in [6.45, 7) is 3.00. The van der Waals surface area contributed by atoms with E-state index in [0.717, 1.165) is 18.5 Å². The van der Waals surface area contributed by atoms with Crippen LogP contribution in [-0.4, -0.2) is 24.1 Å². The van der Waals surface area contributed by atoms with Gasteiger partial charge in [-0.2, -0.15) is 0 Å². The lowest BCUT2D eigenvalue weighted by Gasteiger charge is -2.32. The van der Waals surface area contributed by atoms with Gasteiger partial charge in [0.1, 0.15) is 0 Å². The van der Waals surface area contributed by atoms with Crippen LogP contribution in [0.25, 0.3) is 6.08 Å². The van der Waals surface area contributed by atoms with Crippen LogP contribution in [0.5, 0.6) is 11.5 Å². The summed E-state index contributed by atoms with van der Waals surface area (Å²) in [5.74, 6) is 1.19. The third-order valence-electron chi connectivity index (χ3n) is 4.43. The largest absolute Gasteiger partial charge is 0.454 e. The fourth-order valence-corrected chi connectivity index (χ4v) is 4.39. The number of hydrogen-bond donors (Lipinski definition) is 0. The van der Waals surface area contributed by atoms with Crippen LogP contribution < -0.4 is 9.47 Å². The minimum absolute atomic E-state index is 0.00754. The molecule has 124 valence electrons. The molecule has 0 bridgehead atoms. The molecule has 0 fully saturated rings. The molecule has 1 atom stereocenters. The molecule has 0 N–H and O–H groups in total. The number of rotatable bonds is 2. The van der Waals surface area contributed by atoms with Crippen molar-refractivity contribution in [2.24, 2.45) is 0 Å². The van der Waals surface area contributed by atoms with Crippen molar-refractivity contribution in [1.29, 1.82) is 0 Å². The summed E-state index contributed by atoms with van der Waals surface area (Å²) < 4.78 is 10.6. The van der Waals surface area contributed by atoms with Crippen molar-refractivity contribution in [3.05, 3.63) is 50.7 Å². The fraction of sp³-hybridized carbons (Fsp3) is 0.278. The number of carbonyl (C=O) groups excluding carboxylic acids is 1. The van der Waals surface area contributed by atoms with Crippen LogP contribution in [-0.2, 0) is 11.2 Å². The zero-order valence-electron chi connectivity index (χ0n) is 13.1. The molecule has 0 saturated carbocycles. The number of thiophene rings is 1. The van der Waals surface area contributed by atoms with E-state index in [1.165, 1.54) is 10.4 Å². The van der Waals surface area contributed by atoms with Crippen LogP contribution in [0.4, 0.5) is 0 Å². The number of amides is 1. The predicted octanol–water partition coefficient (Wildman–Crippen LogP) is 4.29. The van der Waals surface area contributed by atoms with Crippen LogP contribution in [0.2, 0.25) is 5.02 Å². The predicted molar refractivity (Wildman–Crippen MR) is 94.8 cm³/mol. The average Bonchev–Trinajstić information content (AvgIpc) is 3.22. The Morgan fingerprint density at radius 3 is 3.17 bits per heavy atom. The molecule has 0 aliphatic carbocycles. The Kier molecular flexibility index (Phi) is 3.98. The highest BCUT2D eigenvalue weighted by atomic mass is 35.5. The first-order valence-electron chi connectivity index (χ1n) is 7.77. The van der Waals surface area contributed by atoms with Crippen molar-refractivity contribution in [3.63, 3.8) is 0 Å². The van der Waals surface area contributed by atoms with Gasteiger partial charge in [-0.25, -0.2) is 0 Å². The number of carbonyl (C=O) groups is 1. The van der Waals surface area contributed by atoms with E-state index in [1.54, 1.807) is 29.6 Å². The highest BCUT2D eigenvalue weighted by Crippen LogP contribution is 2.40. The van der Waals surface area contributed by atoms with Gasteiger partial charge >= 0.3 is 0 Å². The lowest BCUT2D eigenvalue weighted by molar-refractivity contribution is -0.128. The van der Waals surface area contributed by atoms with E-state index >= 15 is 0 Å². The Labute approximate surface area is 149 Å². The van der Waals surface area contributed by atoms with Gasteiger partial charge in [0.25, 0.3) is 0 Å². The van der Waals surface area contributed by atoms with Crippen molar-refractivity contribution in [2.45, 2.75) is 19.4 Å². The van der Waals surface area contributed by atoms with Crippen molar-refractivity contribution in [3.8, 4) is 11.5 Å². The second-order valence-corrected chi connectivity index (χ2v) is 7.23. The molecule has 2 aromatic rings. The molecule has 0 spiro atoms. The highest BCUT2D eigenvalue weighted by molar-refractivity contribution is 7.10. The maximum atomic E-state index is 12.6. The maximum Gasteiger partial charge on any atom is 0.247 e. The molecule has 4 nitrogen and oxygen atoms in total. The molecule has 1 aromatic heterocycles. The first-order chi connectivity index (χ1) is 11.6. The Morgan fingerprint density at radius 1 is 1.42 bits per heavy atom. The van der Waals surface area contributed by atoms with Crippen LogP contribution in [0, 0.1) is 0 Å². The molecular weight excluding hydrogens is 346 g/mol. The number of halogens is 1. The average molecular weight is 362 g/mol. The minimum Gasteiger partial charge on any atom is -0.454 e. The van der Waals surface area contributed by atoms with Crippen molar-refractivity contribution >= 4 is 34.9 Å². The van der Waals surface area contributed by atoms with Gasteiger partial charge in [0.15, 0.2) is 11.5 Å². The van der Waals surface area contributed by atoms with Gasteiger partial charge in [-0.1, -0.05) is 11.6 Å². The van der Waals surface area contributed by atoms with Gasteiger partial charge in [-0.15, -0.1) is 11.3 Å². The topological polar surface area (TPSA) is 38.8 Å². The van der Waals surface area contributed by atoms with E-state index in [-0.39, 0.29) is 18.7 Å². The number of hydrogen-bond acceptors (Lipinski definition) is 4. The molecule has 1 aromatic carbocycles.